The van der Waals surface area contributed by atoms with Crippen molar-refractivity contribution < 1.29 is 23.9 Å². The summed E-state index contributed by atoms with van der Waals surface area (Å²) >= 11 is 1.79. The second kappa shape index (κ2) is 15.8. The number of fused-ring (bicyclic) bond motifs is 3. The highest BCUT2D eigenvalue weighted by Crippen LogP contribution is 2.39. The third-order valence-corrected chi connectivity index (χ3v) is 9.23. The van der Waals surface area contributed by atoms with Gasteiger partial charge in [-0.2, -0.15) is 0 Å². The molecule has 2 unspecified atom stereocenters. The molecule has 2 amide bonds. The number of nitrogens with zero attached hydrogens (tertiary/aromatic N) is 2. The Morgan fingerprint density at radius 1 is 1.11 bits per heavy atom. The number of likely N-dealkylation sites (tertiary alicyclic amines) is 1. The number of aldehydes is 1. The van der Waals surface area contributed by atoms with Gasteiger partial charge in [-0.1, -0.05) is 42.1 Å². The molecule has 2 fully saturated rings. The summed E-state index contributed by atoms with van der Waals surface area (Å²) in [5.41, 5.74) is 10.1. The Hall–Kier alpha value is -4.03. The fourth-order valence-corrected chi connectivity index (χ4v) is 6.99. The number of pyridine rings is 1. The zero-order valence-corrected chi connectivity index (χ0v) is 26.1. The van der Waals surface area contributed by atoms with Crippen LogP contribution in [0.5, 0.6) is 0 Å². The van der Waals surface area contributed by atoms with Gasteiger partial charge in [0, 0.05) is 57.8 Å². The van der Waals surface area contributed by atoms with Crippen LogP contribution in [0.3, 0.4) is 0 Å². The lowest BCUT2D eigenvalue weighted by atomic mass is 10.0. The van der Waals surface area contributed by atoms with Crippen LogP contribution in [0, 0.1) is 5.92 Å². The summed E-state index contributed by atoms with van der Waals surface area (Å²) in [5, 5.41) is 4.26. The minimum absolute atomic E-state index is 0.00535. The van der Waals surface area contributed by atoms with Crippen LogP contribution in [-0.2, 0) is 43.2 Å². The monoisotopic (exact) mass is 629 g/mol. The Bertz CT molecular complexity index is 1570. The summed E-state index contributed by atoms with van der Waals surface area (Å²) < 4.78 is 11.4. The predicted octanol–water partition coefficient (Wildman–Crippen LogP) is 3.85. The van der Waals surface area contributed by atoms with Gasteiger partial charge in [0.1, 0.15) is 6.29 Å². The molecule has 10 nitrogen and oxygen atoms in total. The Labute approximate surface area is 267 Å². The van der Waals surface area contributed by atoms with Gasteiger partial charge in [-0.3, -0.25) is 14.6 Å². The molecular weight excluding hydrogens is 590 g/mol. The maximum absolute atomic E-state index is 13.1. The number of nitrogens with one attached hydrogen (secondary N) is 2. The number of amides is 2. The molecule has 2 saturated heterocycles. The van der Waals surface area contributed by atoms with E-state index in [4.69, 9.17) is 14.3 Å². The molecule has 0 aliphatic carbocycles. The summed E-state index contributed by atoms with van der Waals surface area (Å²) in [5.74, 6) is 0.0510. The third kappa shape index (κ3) is 8.17. The SMILES string of the molecule is CNCc1cc2cnccc2[nH]1.NC=O.O=CC1CC(C2OCCCO2)CN1C(=O)Cc1ccc2c(c1)Cc1ccccc1S2. The summed E-state index contributed by atoms with van der Waals surface area (Å²) in [7, 11) is 1.93. The summed E-state index contributed by atoms with van der Waals surface area (Å²) in [6.07, 6.45) is 7.19. The second-order valence-electron chi connectivity index (χ2n) is 11.1. The van der Waals surface area contributed by atoms with Gasteiger partial charge in [0.05, 0.1) is 25.7 Å². The Kier molecular flexibility index (Phi) is 11.4. The van der Waals surface area contributed by atoms with E-state index in [1.165, 1.54) is 32.0 Å². The lowest BCUT2D eigenvalue weighted by molar-refractivity contribution is -0.202. The highest BCUT2D eigenvalue weighted by atomic mass is 32.2. The van der Waals surface area contributed by atoms with Crippen molar-refractivity contribution in [1.82, 2.24) is 20.2 Å². The fraction of sp³-hybridized carbons (Fsp3) is 0.353. The van der Waals surface area contributed by atoms with Crippen LogP contribution in [0.2, 0.25) is 0 Å². The first-order chi connectivity index (χ1) is 22.0. The van der Waals surface area contributed by atoms with Gasteiger partial charge >= 0.3 is 0 Å². The average molecular weight is 630 g/mol. The van der Waals surface area contributed by atoms with E-state index >= 15 is 0 Å². The molecule has 236 valence electrons. The Morgan fingerprint density at radius 2 is 1.89 bits per heavy atom. The molecule has 11 heteroatoms. The lowest BCUT2D eigenvalue weighted by Gasteiger charge is -2.28. The van der Waals surface area contributed by atoms with E-state index in [9.17, 15) is 9.59 Å². The molecule has 5 heterocycles. The van der Waals surface area contributed by atoms with E-state index in [0.29, 0.717) is 32.6 Å². The second-order valence-corrected chi connectivity index (χ2v) is 12.2. The molecule has 45 heavy (non-hydrogen) atoms. The number of primary amides is 1. The van der Waals surface area contributed by atoms with E-state index in [2.05, 4.69) is 63.5 Å². The van der Waals surface area contributed by atoms with E-state index in [0.717, 1.165) is 36.8 Å². The van der Waals surface area contributed by atoms with Crippen molar-refractivity contribution in [3.05, 3.63) is 89.4 Å². The van der Waals surface area contributed by atoms with Crippen molar-refractivity contribution >= 4 is 41.3 Å². The number of carbonyl (C=O) groups is 3. The Balaban J connectivity index is 0.000000221. The topological polar surface area (TPSA) is 140 Å². The smallest absolute Gasteiger partial charge is 0.227 e. The van der Waals surface area contributed by atoms with Crippen LogP contribution in [-0.4, -0.2) is 72.6 Å². The summed E-state index contributed by atoms with van der Waals surface area (Å²) in [6, 6.07) is 18.5. The molecule has 4 N–H and O–H groups in total. The number of nitrogens with two attached hydrogens (primary N) is 1. The number of carbonyl (C=O) groups excluding carboxylic acids is 3. The third-order valence-electron chi connectivity index (χ3n) is 7.99. The number of aromatic amines is 1. The predicted molar refractivity (Wildman–Crippen MR) is 173 cm³/mol. The number of rotatable bonds is 6. The number of hydrogen-bond acceptors (Lipinski definition) is 8. The molecule has 0 spiro atoms. The van der Waals surface area contributed by atoms with Crippen molar-refractivity contribution in [2.45, 2.75) is 54.4 Å². The average Bonchev–Trinajstić information content (AvgIpc) is 3.69. The molecule has 2 atom stereocenters. The highest BCUT2D eigenvalue weighted by molar-refractivity contribution is 7.99. The first-order valence-electron chi connectivity index (χ1n) is 15.1. The Morgan fingerprint density at radius 3 is 2.64 bits per heavy atom. The van der Waals surface area contributed by atoms with Crippen LogP contribution in [0.1, 0.15) is 35.2 Å². The maximum Gasteiger partial charge on any atom is 0.227 e. The van der Waals surface area contributed by atoms with Crippen LogP contribution < -0.4 is 11.1 Å². The van der Waals surface area contributed by atoms with Crippen LogP contribution in [0.4, 0.5) is 0 Å². The van der Waals surface area contributed by atoms with Gasteiger partial charge in [-0.05, 0) is 67.3 Å². The van der Waals surface area contributed by atoms with Crippen molar-refractivity contribution in [1.29, 1.82) is 0 Å². The summed E-state index contributed by atoms with van der Waals surface area (Å²) in [6.45, 7) is 2.74. The number of aromatic nitrogens is 2. The number of hydrogen-bond donors (Lipinski definition) is 3. The quantitative estimate of drug-likeness (QED) is 0.241. The fourth-order valence-electron chi connectivity index (χ4n) is 5.94. The zero-order chi connectivity index (χ0) is 31.6. The zero-order valence-electron chi connectivity index (χ0n) is 25.3. The lowest BCUT2D eigenvalue weighted by Crippen LogP contribution is -2.39. The van der Waals surface area contributed by atoms with Gasteiger partial charge in [-0.25, -0.2) is 0 Å². The van der Waals surface area contributed by atoms with Crippen LogP contribution in [0.25, 0.3) is 10.9 Å². The summed E-state index contributed by atoms with van der Waals surface area (Å²) in [4.78, 5) is 44.9. The first-order valence-corrected chi connectivity index (χ1v) is 15.9. The van der Waals surface area contributed by atoms with E-state index in [1.807, 2.05) is 25.4 Å². The molecule has 4 aromatic rings. The van der Waals surface area contributed by atoms with Gasteiger partial charge in [-0.15, -0.1) is 0 Å². The van der Waals surface area contributed by atoms with Crippen molar-refractivity contribution in [2.75, 3.05) is 26.8 Å². The maximum atomic E-state index is 13.1. The van der Waals surface area contributed by atoms with Crippen molar-refractivity contribution in [3.63, 3.8) is 0 Å². The largest absolute Gasteiger partial charge is 0.372 e. The standard InChI is InChI=1S/C24H25NO4S.C9H11N3.CH3NO/c26-15-20-13-19(24-28-8-3-9-29-24)14-25(20)23(27)11-16-6-7-22-18(10-16)12-17-4-1-2-5-21(17)30-22;1-10-6-8-4-7-5-11-3-2-9(7)12-8;2-1-3/h1-2,4-7,10,15,19-20,24H,3,8-9,11-14H2;2-5,10,12H,6H2,1H3;1H,(H2,2,3). The first kappa shape index (κ1) is 32.4. The molecule has 7 rings (SSSR count). The van der Waals surface area contributed by atoms with Gasteiger partial charge in [0.15, 0.2) is 6.29 Å². The number of H-pyrrole nitrogens is 1. The molecule has 2 aromatic carbocycles. The minimum atomic E-state index is -0.392. The van der Waals surface area contributed by atoms with Gasteiger partial charge in [0.2, 0.25) is 12.3 Å². The van der Waals surface area contributed by atoms with Crippen LogP contribution in [0.15, 0.2) is 76.8 Å². The molecular formula is C34H39N5O5S. The molecule has 3 aliphatic rings. The normalized spacial score (nSPS) is 18.9. The number of benzene rings is 2. The molecule has 2 aromatic heterocycles. The van der Waals surface area contributed by atoms with Gasteiger partial charge < -0.3 is 35.2 Å². The van der Waals surface area contributed by atoms with Crippen molar-refractivity contribution in [2.24, 2.45) is 11.7 Å². The van der Waals surface area contributed by atoms with E-state index < -0.39 is 6.04 Å². The minimum Gasteiger partial charge on any atom is -0.372 e. The number of ether oxygens (including phenoxy) is 2. The molecule has 0 radical (unpaired) electrons. The highest BCUT2D eigenvalue weighted by Gasteiger charge is 2.40. The molecule has 0 bridgehead atoms. The van der Waals surface area contributed by atoms with Crippen LogP contribution >= 0.6 is 11.8 Å². The van der Waals surface area contributed by atoms with Gasteiger partial charge in [0.25, 0.3) is 0 Å². The van der Waals surface area contributed by atoms with E-state index in [-0.39, 0.29) is 24.5 Å². The van der Waals surface area contributed by atoms with Crippen molar-refractivity contribution in [3.8, 4) is 0 Å². The van der Waals surface area contributed by atoms with E-state index in [1.54, 1.807) is 22.9 Å². The molecule has 0 saturated carbocycles. The molecule has 3 aliphatic heterocycles.